The van der Waals surface area contributed by atoms with E-state index in [1.165, 1.54) is 82.1 Å². The van der Waals surface area contributed by atoms with Crippen molar-refractivity contribution in [1.29, 1.82) is 0 Å². The van der Waals surface area contributed by atoms with Crippen LogP contribution in [0.3, 0.4) is 0 Å². The summed E-state index contributed by atoms with van der Waals surface area (Å²) in [5.41, 5.74) is 11.2. The van der Waals surface area contributed by atoms with Crippen LogP contribution in [-0.2, 0) is 0 Å². The highest BCUT2D eigenvalue weighted by Gasteiger charge is 2.25. The van der Waals surface area contributed by atoms with E-state index in [0.29, 0.717) is 0 Å². The predicted molar refractivity (Wildman–Crippen MR) is 211 cm³/mol. The predicted octanol–water partition coefficient (Wildman–Crippen LogP) is 11.8. The molecule has 48 heavy (non-hydrogen) atoms. The molecule has 0 spiro atoms. The van der Waals surface area contributed by atoms with Crippen LogP contribution in [-0.4, -0.2) is 0 Å². The fourth-order valence-electron chi connectivity index (χ4n) is 6.81. The standard InChI is InChI=1S/C40H30N4S4/c1-21-15-17-29(45-21)31-19-27-37(43-41-25-11-7-5-8-12-25)33-24(4)36-34(23(3)35(33)39(27)47-31)38(44-42-26-13-9-6-10-14-26)28-20-32(48-40(28)36)30-18-16-22(2)46-30/h5-20,41-42H,1-4H3/b43-37-,44-38-. The van der Waals surface area contributed by atoms with Crippen molar-refractivity contribution in [3.05, 3.63) is 129 Å². The number of aryl methyl sites for hydroxylation is 4. The Labute approximate surface area is 293 Å². The first-order valence-corrected chi connectivity index (χ1v) is 19.1. The van der Waals surface area contributed by atoms with E-state index < -0.39 is 0 Å². The lowest BCUT2D eigenvalue weighted by Gasteiger charge is -2.08. The zero-order chi connectivity index (χ0) is 32.5. The average Bonchev–Trinajstić information content (AvgIpc) is 3.94. The van der Waals surface area contributed by atoms with Crippen molar-refractivity contribution in [1.82, 2.24) is 0 Å². The quantitative estimate of drug-likeness (QED) is 0.170. The number of hydrogen-bond acceptors (Lipinski definition) is 8. The Morgan fingerprint density at radius 3 is 1.23 bits per heavy atom. The van der Waals surface area contributed by atoms with Gasteiger partial charge < -0.3 is 0 Å². The van der Waals surface area contributed by atoms with E-state index in [2.05, 4.69) is 99.2 Å². The highest BCUT2D eigenvalue weighted by Crippen LogP contribution is 2.47. The first-order chi connectivity index (χ1) is 23.4. The van der Waals surface area contributed by atoms with Crippen molar-refractivity contribution >= 4 is 98.4 Å². The van der Waals surface area contributed by atoms with E-state index in [1.807, 2.05) is 81.7 Å². The van der Waals surface area contributed by atoms with Crippen LogP contribution in [0.1, 0.15) is 20.9 Å². The van der Waals surface area contributed by atoms with Crippen molar-refractivity contribution < 1.29 is 0 Å². The molecule has 0 aliphatic carbocycles. The molecule has 0 unspecified atom stereocenters. The Morgan fingerprint density at radius 1 is 0.438 bits per heavy atom. The molecule has 0 aliphatic rings. The van der Waals surface area contributed by atoms with Crippen LogP contribution in [0.25, 0.3) is 61.2 Å². The minimum atomic E-state index is 0.970. The van der Waals surface area contributed by atoms with Gasteiger partial charge >= 0.3 is 0 Å². The van der Waals surface area contributed by atoms with Crippen molar-refractivity contribution in [2.75, 3.05) is 10.9 Å². The molecule has 0 saturated heterocycles. The largest absolute Gasteiger partial charge is 0.278 e. The number of anilines is 2. The summed E-state index contributed by atoms with van der Waals surface area (Å²) >= 11 is 7.44. The van der Waals surface area contributed by atoms with Gasteiger partial charge in [-0.15, -0.1) is 45.3 Å². The maximum Gasteiger partial charge on any atom is 0.100 e. The molecule has 4 nitrogen and oxygen atoms in total. The molecule has 234 valence electrons. The minimum absolute atomic E-state index is 0.970. The van der Waals surface area contributed by atoms with E-state index in [1.54, 1.807) is 0 Å². The summed E-state index contributed by atoms with van der Waals surface area (Å²) in [5, 5.41) is 19.7. The van der Waals surface area contributed by atoms with Crippen LogP contribution in [0.2, 0.25) is 0 Å². The molecule has 4 aromatic heterocycles. The number of nitrogens with one attached hydrogen (secondary N) is 2. The van der Waals surface area contributed by atoms with Gasteiger partial charge in [-0.25, -0.2) is 0 Å². The van der Waals surface area contributed by atoms with Gasteiger partial charge in [0.2, 0.25) is 0 Å². The monoisotopic (exact) mass is 694 g/mol. The Hall–Kier alpha value is -4.60. The normalized spacial score (nSPS) is 12.8. The van der Waals surface area contributed by atoms with Gasteiger partial charge in [-0.1, -0.05) is 36.4 Å². The molecule has 0 fully saturated rings. The van der Waals surface area contributed by atoms with Crippen LogP contribution in [0.5, 0.6) is 0 Å². The van der Waals surface area contributed by atoms with Crippen LogP contribution in [0, 0.1) is 27.7 Å². The summed E-state index contributed by atoms with van der Waals surface area (Å²) in [6.45, 7) is 8.90. The molecular formula is C40H30N4S4. The van der Waals surface area contributed by atoms with E-state index in [0.717, 1.165) is 22.1 Å². The highest BCUT2D eigenvalue weighted by molar-refractivity contribution is 7.27. The van der Waals surface area contributed by atoms with Crippen molar-refractivity contribution in [2.45, 2.75) is 27.7 Å². The van der Waals surface area contributed by atoms with Gasteiger partial charge in [0.25, 0.3) is 0 Å². The lowest BCUT2D eigenvalue weighted by molar-refractivity contribution is 1.25. The second-order valence-electron chi connectivity index (χ2n) is 12.2. The molecule has 0 aliphatic heterocycles. The van der Waals surface area contributed by atoms with Crippen LogP contribution >= 0.6 is 45.3 Å². The number of rotatable bonds is 6. The van der Waals surface area contributed by atoms with Gasteiger partial charge in [0.05, 0.1) is 11.4 Å². The highest BCUT2D eigenvalue weighted by atomic mass is 32.1. The maximum atomic E-state index is 5.16. The van der Waals surface area contributed by atoms with Crippen molar-refractivity contribution in [2.24, 2.45) is 10.2 Å². The Morgan fingerprint density at radius 2 is 0.854 bits per heavy atom. The summed E-state index contributed by atoms with van der Waals surface area (Å²) in [4.78, 5) is 7.79. The van der Waals surface area contributed by atoms with Gasteiger partial charge in [0.1, 0.15) is 10.7 Å². The minimum Gasteiger partial charge on any atom is -0.278 e. The van der Waals surface area contributed by atoms with Gasteiger partial charge in [0.15, 0.2) is 0 Å². The molecule has 0 atom stereocenters. The number of para-hydroxylation sites is 2. The average molecular weight is 695 g/mol. The molecule has 0 radical (unpaired) electrons. The van der Waals surface area contributed by atoms with Gasteiger partial charge in [-0.3, -0.25) is 10.9 Å². The van der Waals surface area contributed by atoms with Gasteiger partial charge in [-0.2, -0.15) is 10.2 Å². The molecular weight excluding hydrogens is 665 g/mol. The summed E-state index contributed by atoms with van der Waals surface area (Å²) in [5.74, 6) is 0. The van der Waals surface area contributed by atoms with Crippen molar-refractivity contribution in [3.8, 4) is 19.5 Å². The number of benzene rings is 3. The SMILES string of the molecule is Cc1ccc(-c2cc3/c(=N/Nc4ccccc4)c4c(C)c5c(c(C)c4c3s2)/c(=N\Nc2ccccc2)c2cc(-c3ccc(C)s3)sc25)s1. The second-order valence-corrected chi connectivity index (χ2v) is 16.8. The number of thiophene rings is 4. The van der Waals surface area contributed by atoms with Crippen LogP contribution in [0.15, 0.2) is 107 Å². The number of hydrogen-bond donors (Lipinski definition) is 2. The fraction of sp³-hybridized carbons (Fsp3) is 0.100. The Balaban J connectivity index is 1.39. The molecule has 0 saturated carbocycles. The summed E-state index contributed by atoms with van der Waals surface area (Å²) < 4.78 is 2.56. The number of fused-ring (bicyclic) bond motifs is 6. The molecule has 0 amide bonds. The molecule has 5 aromatic carbocycles. The molecule has 9 aromatic rings. The van der Waals surface area contributed by atoms with Crippen molar-refractivity contribution in [3.63, 3.8) is 0 Å². The van der Waals surface area contributed by atoms with E-state index in [9.17, 15) is 0 Å². The first kappa shape index (κ1) is 29.5. The molecule has 0 bridgehead atoms. The smallest absolute Gasteiger partial charge is 0.100 e. The first-order valence-electron chi connectivity index (χ1n) is 15.8. The third-order valence-electron chi connectivity index (χ3n) is 9.01. The van der Waals surface area contributed by atoms with E-state index in [-0.39, 0.29) is 0 Å². The molecule has 4 heterocycles. The third kappa shape index (κ3) is 4.74. The summed E-state index contributed by atoms with van der Waals surface area (Å²) in [7, 11) is 0. The Bertz CT molecular complexity index is 2580. The zero-order valence-electron chi connectivity index (χ0n) is 26.8. The van der Waals surface area contributed by atoms with Crippen LogP contribution < -0.4 is 21.6 Å². The topological polar surface area (TPSA) is 48.8 Å². The molecule has 2 N–H and O–H groups in total. The van der Waals surface area contributed by atoms with E-state index >= 15 is 0 Å². The lowest BCUT2D eigenvalue weighted by atomic mass is 9.98. The molecule has 8 heteroatoms. The Kier molecular flexibility index (Phi) is 7.09. The summed E-state index contributed by atoms with van der Waals surface area (Å²) in [6, 6.07) is 34.0. The van der Waals surface area contributed by atoms with Gasteiger partial charge in [0, 0.05) is 71.0 Å². The zero-order valence-corrected chi connectivity index (χ0v) is 30.0. The maximum absolute atomic E-state index is 5.16. The number of nitrogens with zero attached hydrogens (tertiary/aromatic N) is 2. The lowest BCUT2D eigenvalue weighted by Crippen LogP contribution is -2.07. The van der Waals surface area contributed by atoms with Gasteiger partial charge in [-0.05, 0) is 99.5 Å². The van der Waals surface area contributed by atoms with Crippen LogP contribution in [0.4, 0.5) is 11.4 Å². The molecule has 9 rings (SSSR count). The third-order valence-corrected chi connectivity index (χ3v) is 13.7. The summed E-state index contributed by atoms with van der Waals surface area (Å²) in [6.07, 6.45) is 0. The second kappa shape index (κ2) is 11.5. The fourth-order valence-corrected chi connectivity index (χ4v) is 11.2. The van der Waals surface area contributed by atoms with E-state index in [4.69, 9.17) is 10.2 Å².